The fourth-order valence-electron chi connectivity index (χ4n) is 2.11. The zero-order valence-corrected chi connectivity index (χ0v) is 10.9. The van der Waals surface area contributed by atoms with Crippen molar-refractivity contribution in [3.05, 3.63) is 12.2 Å². The van der Waals surface area contributed by atoms with Gasteiger partial charge in [-0.2, -0.15) is 0 Å². The minimum Gasteiger partial charge on any atom is -0.462 e. The van der Waals surface area contributed by atoms with E-state index < -0.39 is 5.60 Å². The number of carbonyl (C=O) groups excluding carboxylic acids is 2. The average Bonchev–Trinajstić information content (AvgIpc) is 2.15. The predicted octanol–water partition coefficient (Wildman–Crippen LogP) is 2.23. The first-order chi connectivity index (χ1) is 7.82. The summed E-state index contributed by atoms with van der Waals surface area (Å²) < 4.78 is 10.4. The van der Waals surface area contributed by atoms with Crippen molar-refractivity contribution in [2.24, 2.45) is 5.92 Å². The lowest BCUT2D eigenvalue weighted by atomic mass is 9.84. The van der Waals surface area contributed by atoms with Gasteiger partial charge in [0.2, 0.25) is 0 Å². The van der Waals surface area contributed by atoms with Crippen molar-refractivity contribution in [1.82, 2.24) is 0 Å². The Labute approximate surface area is 102 Å². The minimum atomic E-state index is -0.516. The number of carbonyl (C=O) groups is 2. The highest BCUT2D eigenvalue weighted by Gasteiger charge is 2.31. The quantitative estimate of drug-likeness (QED) is 0.560. The van der Waals surface area contributed by atoms with Crippen LogP contribution in [-0.2, 0) is 19.1 Å². The van der Waals surface area contributed by atoms with Crippen LogP contribution in [0.4, 0.5) is 0 Å². The summed E-state index contributed by atoms with van der Waals surface area (Å²) in [5.41, 5.74) is -0.516. The summed E-state index contributed by atoms with van der Waals surface area (Å²) in [7, 11) is 0. The van der Waals surface area contributed by atoms with Gasteiger partial charge >= 0.3 is 11.9 Å². The fourth-order valence-corrected chi connectivity index (χ4v) is 2.11. The van der Waals surface area contributed by atoms with Crippen molar-refractivity contribution in [1.29, 1.82) is 0 Å². The Kier molecular flexibility index (Phi) is 4.32. The number of esters is 2. The number of rotatable bonds is 3. The SMILES string of the molecule is CC(=O)OC(C)[C@H]1C=C[C@](C)(OC(C)=O)CC1. The van der Waals surface area contributed by atoms with Crippen LogP contribution in [0.15, 0.2) is 12.2 Å². The van der Waals surface area contributed by atoms with E-state index in [9.17, 15) is 9.59 Å². The van der Waals surface area contributed by atoms with Gasteiger partial charge in [0, 0.05) is 19.8 Å². The van der Waals surface area contributed by atoms with E-state index in [1.54, 1.807) is 0 Å². The minimum absolute atomic E-state index is 0.134. The first kappa shape index (κ1) is 13.7. The maximum absolute atomic E-state index is 11.0. The molecule has 0 amide bonds. The van der Waals surface area contributed by atoms with Gasteiger partial charge in [0.15, 0.2) is 0 Å². The second-order valence-corrected chi connectivity index (χ2v) is 4.78. The molecule has 0 bridgehead atoms. The molecule has 4 nitrogen and oxygen atoms in total. The highest BCUT2D eigenvalue weighted by Crippen LogP contribution is 2.31. The van der Waals surface area contributed by atoms with Gasteiger partial charge in [0.25, 0.3) is 0 Å². The lowest BCUT2D eigenvalue weighted by molar-refractivity contribution is -0.152. The molecule has 1 aliphatic carbocycles. The molecule has 1 unspecified atom stereocenters. The molecule has 96 valence electrons. The third kappa shape index (κ3) is 4.21. The second-order valence-electron chi connectivity index (χ2n) is 4.78. The maximum atomic E-state index is 11.0. The standard InChI is InChI=1S/C13H20O4/c1-9(16-10(2)14)12-5-7-13(4,8-6-12)17-11(3)15/h5,7,9,12H,6,8H2,1-4H3/t9?,12-,13-/m0/s1. The van der Waals surface area contributed by atoms with Crippen LogP contribution in [0, 0.1) is 5.92 Å². The second kappa shape index (κ2) is 5.34. The van der Waals surface area contributed by atoms with Gasteiger partial charge in [-0.15, -0.1) is 0 Å². The Bertz CT molecular complexity index is 334. The largest absolute Gasteiger partial charge is 0.462 e. The Morgan fingerprint density at radius 1 is 1.35 bits per heavy atom. The Morgan fingerprint density at radius 3 is 2.41 bits per heavy atom. The van der Waals surface area contributed by atoms with E-state index in [-0.39, 0.29) is 24.0 Å². The zero-order valence-electron chi connectivity index (χ0n) is 10.9. The van der Waals surface area contributed by atoms with Gasteiger partial charge in [-0.3, -0.25) is 9.59 Å². The predicted molar refractivity (Wildman–Crippen MR) is 63.3 cm³/mol. The summed E-state index contributed by atoms with van der Waals surface area (Å²) in [4.78, 5) is 21.8. The van der Waals surface area contributed by atoms with Crippen LogP contribution >= 0.6 is 0 Å². The van der Waals surface area contributed by atoms with Crippen LogP contribution in [0.5, 0.6) is 0 Å². The van der Waals surface area contributed by atoms with E-state index in [1.807, 2.05) is 26.0 Å². The molecule has 0 saturated heterocycles. The summed E-state index contributed by atoms with van der Waals surface area (Å²) >= 11 is 0. The van der Waals surface area contributed by atoms with Gasteiger partial charge in [-0.25, -0.2) is 0 Å². The molecule has 17 heavy (non-hydrogen) atoms. The third-order valence-corrected chi connectivity index (χ3v) is 3.00. The summed E-state index contributed by atoms with van der Waals surface area (Å²) in [6.07, 6.45) is 5.32. The lowest BCUT2D eigenvalue weighted by Gasteiger charge is -2.33. The van der Waals surface area contributed by atoms with Crippen LogP contribution in [0.25, 0.3) is 0 Å². The highest BCUT2D eigenvalue weighted by molar-refractivity contribution is 5.67. The first-order valence-corrected chi connectivity index (χ1v) is 5.88. The van der Waals surface area contributed by atoms with Crippen LogP contribution < -0.4 is 0 Å². The van der Waals surface area contributed by atoms with E-state index in [4.69, 9.17) is 9.47 Å². The molecule has 0 N–H and O–H groups in total. The van der Waals surface area contributed by atoms with Crippen molar-refractivity contribution < 1.29 is 19.1 Å². The van der Waals surface area contributed by atoms with E-state index in [0.717, 1.165) is 12.8 Å². The Hall–Kier alpha value is -1.32. The summed E-state index contributed by atoms with van der Waals surface area (Å²) in [5.74, 6) is -0.342. The summed E-state index contributed by atoms with van der Waals surface area (Å²) in [5, 5.41) is 0. The third-order valence-electron chi connectivity index (χ3n) is 3.00. The lowest BCUT2D eigenvalue weighted by Crippen LogP contribution is -2.34. The average molecular weight is 240 g/mol. The molecule has 3 atom stereocenters. The zero-order chi connectivity index (χ0) is 13.1. The molecule has 1 aliphatic rings. The molecular weight excluding hydrogens is 220 g/mol. The van der Waals surface area contributed by atoms with Crippen molar-refractivity contribution in [2.75, 3.05) is 0 Å². The van der Waals surface area contributed by atoms with Crippen LogP contribution in [0.2, 0.25) is 0 Å². The molecule has 0 saturated carbocycles. The fraction of sp³-hybridized carbons (Fsp3) is 0.692. The van der Waals surface area contributed by atoms with Gasteiger partial charge in [0.1, 0.15) is 11.7 Å². The normalized spacial score (nSPS) is 29.5. The molecule has 0 spiro atoms. The van der Waals surface area contributed by atoms with Crippen molar-refractivity contribution >= 4 is 11.9 Å². The van der Waals surface area contributed by atoms with E-state index >= 15 is 0 Å². The number of hydrogen-bond acceptors (Lipinski definition) is 4. The molecule has 0 radical (unpaired) electrons. The van der Waals surface area contributed by atoms with Gasteiger partial charge in [0.05, 0.1) is 0 Å². The van der Waals surface area contributed by atoms with Crippen LogP contribution in [0.3, 0.4) is 0 Å². The molecule has 0 fully saturated rings. The first-order valence-electron chi connectivity index (χ1n) is 5.88. The van der Waals surface area contributed by atoms with Crippen molar-refractivity contribution in [3.8, 4) is 0 Å². The smallest absolute Gasteiger partial charge is 0.303 e. The number of hydrogen-bond donors (Lipinski definition) is 0. The van der Waals surface area contributed by atoms with Crippen molar-refractivity contribution in [2.45, 2.75) is 52.2 Å². The van der Waals surface area contributed by atoms with Gasteiger partial charge in [-0.05, 0) is 32.8 Å². The molecule has 1 rings (SSSR count). The van der Waals surface area contributed by atoms with Gasteiger partial charge in [-0.1, -0.05) is 6.08 Å². The summed E-state index contributed by atoms with van der Waals surface area (Å²) in [6.45, 7) is 6.58. The van der Waals surface area contributed by atoms with E-state index in [1.165, 1.54) is 13.8 Å². The van der Waals surface area contributed by atoms with E-state index in [2.05, 4.69) is 0 Å². The Balaban J connectivity index is 2.59. The molecule has 4 heteroatoms. The molecule has 0 heterocycles. The molecule has 0 aliphatic heterocycles. The molecule has 0 aromatic carbocycles. The maximum Gasteiger partial charge on any atom is 0.303 e. The molecule has 0 aromatic rings. The van der Waals surface area contributed by atoms with Crippen molar-refractivity contribution in [3.63, 3.8) is 0 Å². The molecule has 0 aromatic heterocycles. The van der Waals surface area contributed by atoms with Gasteiger partial charge < -0.3 is 9.47 Å². The monoisotopic (exact) mass is 240 g/mol. The molecular formula is C13H20O4. The van der Waals surface area contributed by atoms with Crippen LogP contribution in [0.1, 0.15) is 40.5 Å². The summed E-state index contributed by atoms with van der Waals surface area (Å²) in [6, 6.07) is 0. The Morgan fingerprint density at radius 2 is 2.00 bits per heavy atom. The van der Waals surface area contributed by atoms with Crippen LogP contribution in [-0.4, -0.2) is 23.6 Å². The van der Waals surface area contributed by atoms with E-state index in [0.29, 0.717) is 0 Å². The highest BCUT2D eigenvalue weighted by atomic mass is 16.6. The number of ether oxygens (including phenoxy) is 2. The topological polar surface area (TPSA) is 52.6 Å².